The lowest BCUT2D eigenvalue weighted by molar-refractivity contribution is 0.387. The molecule has 0 aliphatic carbocycles. The summed E-state index contributed by atoms with van der Waals surface area (Å²) in [5.41, 5.74) is 11.5. The number of rotatable bonds is 2. The molecule has 1 aromatic heterocycles. The van der Waals surface area contributed by atoms with Crippen molar-refractivity contribution in [2.24, 2.45) is 0 Å². The molecule has 4 N–H and O–H groups in total. The second-order valence-electron chi connectivity index (χ2n) is 3.78. The highest BCUT2D eigenvalue weighted by atomic mass is 35.5. The van der Waals surface area contributed by atoms with Crippen LogP contribution in [0.5, 0.6) is 5.75 Å². The minimum Gasteiger partial charge on any atom is -0.492 e. The van der Waals surface area contributed by atoms with E-state index in [-0.39, 0.29) is 39.4 Å². The Labute approximate surface area is 118 Å². The van der Waals surface area contributed by atoms with E-state index in [4.69, 9.17) is 33.1 Å². The minimum absolute atomic E-state index is 0.000154. The summed E-state index contributed by atoms with van der Waals surface area (Å²) < 4.78 is 18.7. The van der Waals surface area contributed by atoms with Crippen molar-refractivity contribution in [3.8, 4) is 23.1 Å². The predicted molar refractivity (Wildman–Crippen MR) is 72.5 cm³/mol. The molecule has 0 atom stereocenters. The van der Waals surface area contributed by atoms with Crippen LogP contribution in [0.25, 0.3) is 11.3 Å². The van der Waals surface area contributed by atoms with Crippen LogP contribution in [0.1, 0.15) is 5.56 Å². The van der Waals surface area contributed by atoms with Gasteiger partial charge in [0.1, 0.15) is 17.5 Å². The van der Waals surface area contributed by atoms with E-state index in [0.717, 1.165) is 6.07 Å². The number of nitrogen functional groups attached to an aromatic ring is 2. The van der Waals surface area contributed by atoms with Crippen molar-refractivity contribution in [1.82, 2.24) is 9.97 Å². The Bertz CT molecular complexity index is 706. The van der Waals surface area contributed by atoms with E-state index < -0.39 is 5.82 Å². The lowest BCUT2D eigenvalue weighted by Crippen LogP contribution is -2.05. The van der Waals surface area contributed by atoms with Gasteiger partial charge in [0.05, 0.1) is 17.8 Å². The second kappa shape index (κ2) is 5.19. The number of hydrogen-bond donors (Lipinski definition) is 2. The third-order valence-corrected chi connectivity index (χ3v) is 2.82. The van der Waals surface area contributed by atoms with E-state index in [9.17, 15) is 4.39 Å². The van der Waals surface area contributed by atoms with Gasteiger partial charge in [-0.05, 0) is 12.1 Å². The Morgan fingerprint density at radius 2 is 2.05 bits per heavy atom. The molecule has 2 aromatic rings. The summed E-state index contributed by atoms with van der Waals surface area (Å²) in [6.45, 7) is 0. The summed E-state index contributed by atoms with van der Waals surface area (Å²) in [4.78, 5) is 7.59. The highest BCUT2D eigenvalue weighted by molar-refractivity contribution is 6.32. The molecule has 0 saturated carbocycles. The predicted octanol–water partition coefficient (Wildman–Crippen LogP) is 1.98. The molecule has 6 nitrogen and oxygen atoms in total. The molecular weight excluding hydrogens is 285 g/mol. The van der Waals surface area contributed by atoms with Crippen LogP contribution in [0.4, 0.5) is 16.2 Å². The number of nitrogens with zero attached hydrogens (tertiary/aromatic N) is 3. The van der Waals surface area contributed by atoms with Crippen LogP contribution >= 0.6 is 11.6 Å². The van der Waals surface area contributed by atoms with Gasteiger partial charge in [-0.3, -0.25) is 0 Å². The van der Waals surface area contributed by atoms with Crippen LogP contribution < -0.4 is 16.2 Å². The van der Waals surface area contributed by atoms with Crippen LogP contribution in [-0.2, 0) is 0 Å². The number of ether oxygens (including phenoxy) is 1. The molecule has 0 bridgehead atoms. The van der Waals surface area contributed by atoms with E-state index in [1.807, 2.05) is 6.07 Å². The molecule has 102 valence electrons. The number of anilines is 2. The maximum atomic E-state index is 13.8. The summed E-state index contributed by atoms with van der Waals surface area (Å²) in [5.74, 6) is -0.982. The highest BCUT2D eigenvalue weighted by Gasteiger charge is 2.17. The maximum absolute atomic E-state index is 13.8. The SMILES string of the molecule is COc1c(F)cc(-c2nc(N)nc(N)c2C#N)cc1Cl. The van der Waals surface area contributed by atoms with Gasteiger partial charge in [-0.15, -0.1) is 0 Å². The van der Waals surface area contributed by atoms with Crippen LogP contribution in [-0.4, -0.2) is 17.1 Å². The number of nitriles is 1. The van der Waals surface area contributed by atoms with Crippen LogP contribution in [0.2, 0.25) is 5.02 Å². The molecule has 1 heterocycles. The Morgan fingerprint density at radius 3 is 2.60 bits per heavy atom. The van der Waals surface area contributed by atoms with Crippen LogP contribution in [0.3, 0.4) is 0 Å². The third-order valence-electron chi connectivity index (χ3n) is 2.54. The summed E-state index contributed by atoms with van der Waals surface area (Å²) >= 11 is 5.91. The zero-order chi connectivity index (χ0) is 14.9. The number of aromatic nitrogens is 2. The number of methoxy groups -OCH3 is 1. The number of nitrogens with two attached hydrogens (primary N) is 2. The Morgan fingerprint density at radius 1 is 1.35 bits per heavy atom. The first-order valence-corrected chi connectivity index (χ1v) is 5.72. The van der Waals surface area contributed by atoms with Gasteiger partial charge in [0.15, 0.2) is 11.6 Å². The van der Waals surface area contributed by atoms with E-state index in [1.165, 1.54) is 13.2 Å². The van der Waals surface area contributed by atoms with Crippen molar-refractivity contribution in [3.63, 3.8) is 0 Å². The van der Waals surface area contributed by atoms with Gasteiger partial charge < -0.3 is 16.2 Å². The first-order chi connectivity index (χ1) is 9.47. The lowest BCUT2D eigenvalue weighted by atomic mass is 10.1. The fourth-order valence-corrected chi connectivity index (χ4v) is 1.99. The molecule has 8 heteroatoms. The van der Waals surface area contributed by atoms with E-state index >= 15 is 0 Å². The average Bonchev–Trinajstić information content (AvgIpc) is 2.37. The first kappa shape index (κ1) is 13.8. The number of benzene rings is 1. The van der Waals surface area contributed by atoms with Crippen molar-refractivity contribution in [2.45, 2.75) is 0 Å². The fraction of sp³-hybridized carbons (Fsp3) is 0.0833. The smallest absolute Gasteiger partial charge is 0.222 e. The quantitative estimate of drug-likeness (QED) is 0.876. The monoisotopic (exact) mass is 293 g/mol. The summed E-state index contributed by atoms with van der Waals surface area (Å²) in [6, 6.07) is 4.39. The molecule has 0 fully saturated rings. The van der Waals surface area contributed by atoms with Crippen molar-refractivity contribution in [2.75, 3.05) is 18.6 Å². The van der Waals surface area contributed by atoms with Crippen molar-refractivity contribution >= 4 is 23.4 Å². The Kier molecular flexibility index (Phi) is 3.59. The topological polar surface area (TPSA) is 111 Å². The number of hydrogen-bond acceptors (Lipinski definition) is 6. The molecule has 1 aromatic carbocycles. The van der Waals surface area contributed by atoms with Gasteiger partial charge in [0.2, 0.25) is 5.95 Å². The average molecular weight is 294 g/mol. The molecule has 0 saturated heterocycles. The zero-order valence-electron chi connectivity index (χ0n) is 10.3. The molecule has 0 aliphatic rings. The van der Waals surface area contributed by atoms with Crippen LogP contribution in [0, 0.1) is 17.1 Å². The minimum atomic E-state index is -0.686. The molecule has 0 aliphatic heterocycles. The molecule has 20 heavy (non-hydrogen) atoms. The van der Waals surface area contributed by atoms with E-state index in [1.54, 1.807) is 0 Å². The van der Waals surface area contributed by atoms with Crippen molar-refractivity contribution < 1.29 is 9.13 Å². The summed E-state index contributed by atoms with van der Waals surface area (Å²) in [5, 5.41) is 9.13. The molecule has 0 amide bonds. The van der Waals surface area contributed by atoms with E-state index in [2.05, 4.69) is 9.97 Å². The third kappa shape index (κ3) is 2.29. The highest BCUT2D eigenvalue weighted by Crippen LogP contribution is 2.34. The largest absolute Gasteiger partial charge is 0.492 e. The van der Waals surface area contributed by atoms with Gasteiger partial charge in [0, 0.05) is 5.56 Å². The second-order valence-corrected chi connectivity index (χ2v) is 4.18. The van der Waals surface area contributed by atoms with Crippen molar-refractivity contribution in [1.29, 1.82) is 5.26 Å². The van der Waals surface area contributed by atoms with Gasteiger partial charge >= 0.3 is 0 Å². The summed E-state index contributed by atoms with van der Waals surface area (Å²) in [7, 11) is 1.30. The molecule has 0 spiro atoms. The first-order valence-electron chi connectivity index (χ1n) is 5.34. The van der Waals surface area contributed by atoms with Gasteiger partial charge in [-0.25, -0.2) is 9.37 Å². The van der Waals surface area contributed by atoms with Gasteiger partial charge in [-0.1, -0.05) is 11.6 Å². The van der Waals surface area contributed by atoms with E-state index in [0.29, 0.717) is 0 Å². The van der Waals surface area contributed by atoms with Gasteiger partial charge in [0.25, 0.3) is 0 Å². The standard InChI is InChI=1S/C12H9ClFN5O/c1-20-10-7(13)2-5(3-8(10)14)9-6(4-15)11(16)19-12(17)18-9/h2-3H,1H3,(H4,16,17,18,19). The lowest BCUT2D eigenvalue weighted by Gasteiger charge is -2.10. The Hall–Kier alpha value is -2.59. The zero-order valence-corrected chi connectivity index (χ0v) is 11.1. The normalized spacial score (nSPS) is 10.1. The van der Waals surface area contributed by atoms with Crippen molar-refractivity contribution in [3.05, 3.63) is 28.5 Å². The number of halogens is 2. The molecule has 0 unspecified atom stereocenters. The summed E-state index contributed by atoms with van der Waals surface area (Å²) in [6.07, 6.45) is 0. The maximum Gasteiger partial charge on any atom is 0.222 e. The molecular formula is C12H9ClFN5O. The molecule has 2 rings (SSSR count). The van der Waals surface area contributed by atoms with Gasteiger partial charge in [-0.2, -0.15) is 10.2 Å². The Balaban J connectivity index is 2.73. The molecule has 0 radical (unpaired) electrons. The fourth-order valence-electron chi connectivity index (χ4n) is 1.71. The van der Waals surface area contributed by atoms with Crippen LogP contribution in [0.15, 0.2) is 12.1 Å².